The summed E-state index contributed by atoms with van der Waals surface area (Å²) in [5.74, 6) is -1.30. The van der Waals surface area contributed by atoms with Gasteiger partial charge in [0.25, 0.3) is 5.91 Å². The summed E-state index contributed by atoms with van der Waals surface area (Å²) in [4.78, 5) is 36.0. The summed E-state index contributed by atoms with van der Waals surface area (Å²) in [7, 11) is 1.56. The Morgan fingerprint density at radius 3 is 2.35 bits per heavy atom. The molecule has 3 amide bonds. The molecule has 96 valence electrons. The minimum Gasteiger partial charge on any atom is -0.480 e. The minimum atomic E-state index is -1.00. The number of aliphatic carboxylic acids is 1. The van der Waals surface area contributed by atoms with Crippen LogP contribution in [0.4, 0.5) is 4.79 Å². The van der Waals surface area contributed by atoms with Crippen molar-refractivity contribution >= 4 is 33.8 Å². The van der Waals surface area contributed by atoms with Crippen LogP contribution in [0, 0.1) is 0 Å². The van der Waals surface area contributed by atoms with Crippen molar-refractivity contribution < 1.29 is 19.5 Å². The summed E-state index contributed by atoms with van der Waals surface area (Å²) in [6.07, 6.45) is 0.191. The number of likely N-dealkylation sites (N-methyl/N-ethyl adjacent to an activating group) is 1. The number of carbonyl (C=O) groups is 3. The van der Waals surface area contributed by atoms with Gasteiger partial charge in [-0.05, 0) is 20.3 Å². The first kappa shape index (κ1) is 14.0. The molecule has 0 aromatic rings. The Balaban J connectivity index is 2.71. The molecule has 0 spiro atoms. The van der Waals surface area contributed by atoms with Crippen LogP contribution in [0.25, 0.3) is 0 Å². The Bertz CT molecular complexity index is 369. The monoisotopic (exact) mass is 306 g/mol. The quantitative estimate of drug-likeness (QED) is 0.618. The van der Waals surface area contributed by atoms with Crippen LogP contribution in [0.3, 0.4) is 0 Å². The van der Waals surface area contributed by atoms with Crippen LogP contribution >= 0.6 is 15.9 Å². The Hall–Kier alpha value is -1.11. The third kappa shape index (κ3) is 2.43. The molecule has 1 aliphatic heterocycles. The number of hydrogen-bond acceptors (Lipinski definition) is 3. The highest BCUT2D eigenvalue weighted by molar-refractivity contribution is 9.10. The molecule has 1 atom stereocenters. The van der Waals surface area contributed by atoms with Gasteiger partial charge in [-0.1, -0.05) is 15.9 Å². The van der Waals surface area contributed by atoms with Gasteiger partial charge in [0.1, 0.15) is 10.4 Å². The zero-order chi connectivity index (χ0) is 13.4. The number of carboxylic acid groups (broad SMARTS) is 1. The number of nitrogens with zero attached hydrogens (tertiary/aromatic N) is 2. The number of rotatable bonds is 4. The van der Waals surface area contributed by atoms with Gasteiger partial charge in [0.2, 0.25) is 0 Å². The van der Waals surface area contributed by atoms with Gasteiger partial charge in [0.15, 0.2) is 0 Å². The zero-order valence-electron chi connectivity index (χ0n) is 9.94. The predicted molar refractivity (Wildman–Crippen MR) is 63.9 cm³/mol. The molecule has 1 saturated heterocycles. The lowest BCUT2D eigenvalue weighted by molar-refractivity contribution is -0.137. The molecule has 0 aromatic carbocycles. The molecule has 0 aliphatic carbocycles. The number of alkyl halides is 1. The van der Waals surface area contributed by atoms with Crippen LogP contribution in [0.1, 0.15) is 20.3 Å². The smallest absolute Gasteiger partial charge is 0.327 e. The molecule has 1 fully saturated rings. The normalized spacial score (nSPS) is 20.9. The summed E-state index contributed by atoms with van der Waals surface area (Å²) < 4.78 is 0. The van der Waals surface area contributed by atoms with Crippen LogP contribution < -0.4 is 0 Å². The van der Waals surface area contributed by atoms with Crippen molar-refractivity contribution in [3.63, 3.8) is 0 Å². The highest BCUT2D eigenvalue weighted by atomic mass is 79.9. The SMILES string of the molecule is CN1C(=O)N(CC[C@@H](Br)C(=O)O)C(=O)C1(C)C. The highest BCUT2D eigenvalue weighted by Crippen LogP contribution is 2.26. The predicted octanol–water partition coefficient (Wildman–Crippen LogP) is 0.897. The first-order chi connectivity index (χ1) is 7.69. The Morgan fingerprint density at radius 2 is 2.00 bits per heavy atom. The Kier molecular flexibility index (Phi) is 3.81. The second kappa shape index (κ2) is 4.64. The first-order valence-corrected chi connectivity index (χ1v) is 6.07. The molecule has 1 heterocycles. The summed E-state index contributed by atoms with van der Waals surface area (Å²) in [6.45, 7) is 3.43. The molecule has 17 heavy (non-hydrogen) atoms. The van der Waals surface area contributed by atoms with E-state index < -0.39 is 16.3 Å². The van der Waals surface area contributed by atoms with Gasteiger partial charge in [-0.2, -0.15) is 0 Å². The Morgan fingerprint density at radius 1 is 1.47 bits per heavy atom. The van der Waals surface area contributed by atoms with E-state index in [0.29, 0.717) is 0 Å². The minimum absolute atomic E-state index is 0.105. The molecule has 1 rings (SSSR count). The van der Waals surface area contributed by atoms with Crippen molar-refractivity contribution in [1.29, 1.82) is 0 Å². The number of imide groups is 1. The lowest BCUT2D eigenvalue weighted by Gasteiger charge is -2.22. The van der Waals surface area contributed by atoms with Crippen LogP contribution in [0.2, 0.25) is 0 Å². The van der Waals surface area contributed by atoms with Gasteiger partial charge in [-0.25, -0.2) is 4.79 Å². The zero-order valence-corrected chi connectivity index (χ0v) is 11.5. The summed E-state index contributed by atoms with van der Waals surface area (Å²) in [5.41, 5.74) is -0.859. The van der Waals surface area contributed by atoms with Gasteiger partial charge >= 0.3 is 12.0 Å². The summed E-state index contributed by atoms with van der Waals surface area (Å²) in [6, 6.07) is -0.384. The fraction of sp³-hybridized carbons (Fsp3) is 0.700. The number of carbonyl (C=O) groups excluding carboxylic acids is 2. The fourth-order valence-corrected chi connectivity index (χ4v) is 1.75. The van der Waals surface area contributed by atoms with Crippen molar-refractivity contribution in [1.82, 2.24) is 9.80 Å². The number of hydrogen-bond donors (Lipinski definition) is 1. The van der Waals surface area contributed by atoms with Crippen LogP contribution in [-0.2, 0) is 9.59 Å². The molecule has 0 aromatic heterocycles. The molecule has 0 bridgehead atoms. The molecule has 1 aliphatic rings. The largest absolute Gasteiger partial charge is 0.480 e. The second-order valence-electron chi connectivity index (χ2n) is 4.45. The maximum Gasteiger partial charge on any atom is 0.327 e. The maximum absolute atomic E-state index is 11.9. The number of amides is 3. The van der Waals surface area contributed by atoms with Gasteiger partial charge in [0, 0.05) is 13.6 Å². The molecule has 7 heteroatoms. The maximum atomic E-state index is 11.9. The van der Waals surface area contributed by atoms with Crippen molar-refractivity contribution in [3.05, 3.63) is 0 Å². The van der Waals surface area contributed by atoms with Crippen molar-refractivity contribution in [2.45, 2.75) is 30.6 Å². The van der Waals surface area contributed by atoms with E-state index in [4.69, 9.17) is 5.11 Å². The summed E-state index contributed by atoms with van der Waals surface area (Å²) in [5, 5.41) is 8.70. The van der Waals surface area contributed by atoms with E-state index in [9.17, 15) is 14.4 Å². The van der Waals surface area contributed by atoms with Gasteiger partial charge in [-0.15, -0.1) is 0 Å². The lowest BCUT2D eigenvalue weighted by Crippen LogP contribution is -2.41. The molecule has 0 saturated carbocycles. The molecule has 1 N–H and O–H groups in total. The van der Waals surface area contributed by atoms with Crippen molar-refractivity contribution in [2.24, 2.45) is 0 Å². The average Bonchev–Trinajstić information content (AvgIpc) is 2.39. The van der Waals surface area contributed by atoms with Gasteiger partial charge in [0.05, 0.1) is 0 Å². The van der Waals surface area contributed by atoms with Crippen LogP contribution in [0.5, 0.6) is 0 Å². The van der Waals surface area contributed by atoms with E-state index in [1.54, 1.807) is 20.9 Å². The molecular formula is C10H15BrN2O4. The molecule has 0 unspecified atom stereocenters. The van der Waals surface area contributed by atoms with Crippen LogP contribution in [-0.4, -0.2) is 56.8 Å². The third-order valence-corrected chi connectivity index (χ3v) is 3.85. The number of carboxylic acids is 1. The average molecular weight is 307 g/mol. The fourth-order valence-electron chi connectivity index (χ4n) is 1.54. The van der Waals surface area contributed by atoms with E-state index in [1.807, 2.05) is 0 Å². The molecule has 6 nitrogen and oxygen atoms in total. The van der Waals surface area contributed by atoms with E-state index in [2.05, 4.69) is 15.9 Å². The number of halogens is 1. The second-order valence-corrected chi connectivity index (χ2v) is 5.56. The van der Waals surface area contributed by atoms with E-state index in [0.717, 1.165) is 4.90 Å². The molecule has 0 radical (unpaired) electrons. The van der Waals surface area contributed by atoms with E-state index >= 15 is 0 Å². The van der Waals surface area contributed by atoms with Crippen molar-refractivity contribution in [3.8, 4) is 0 Å². The summed E-state index contributed by atoms with van der Waals surface area (Å²) >= 11 is 2.97. The topological polar surface area (TPSA) is 77.9 Å². The van der Waals surface area contributed by atoms with E-state index in [-0.39, 0.29) is 24.9 Å². The Labute approximate surface area is 108 Å². The van der Waals surface area contributed by atoms with Crippen LogP contribution in [0.15, 0.2) is 0 Å². The molecular weight excluding hydrogens is 292 g/mol. The lowest BCUT2D eigenvalue weighted by atomic mass is 10.1. The standard InChI is InChI=1S/C10H15BrN2O4/c1-10(2)8(16)13(9(17)12(10)3)5-4-6(11)7(14)15/h6H,4-5H2,1-3H3,(H,14,15)/t6-/m1/s1. The number of urea groups is 1. The van der Waals surface area contributed by atoms with Gasteiger partial charge < -0.3 is 10.0 Å². The highest BCUT2D eigenvalue weighted by Gasteiger charge is 2.48. The first-order valence-electron chi connectivity index (χ1n) is 5.16. The van der Waals surface area contributed by atoms with Crippen molar-refractivity contribution in [2.75, 3.05) is 13.6 Å². The third-order valence-electron chi connectivity index (χ3n) is 3.00. The van der Waals surface area contributed by atoms with Gasteiger partial charge in [-0.3, -0.25) is 14.5 Å². The van der Waals surface area contributed by atoms with E-state index in [1.165, 1.54) is 4.90 Å².